The molecule has 0 saturated carbocycles. The van der Waals surface area contributed by atoms with E-state index < -0.39 is 0 Å². The van der Waals surface area contributed by atoms with Crippen molar-refractivity contribution >= 4 is 9.92 Å². The molecule has 5 heavy (non-hydrogen) atoms. The maximum Gasteiger partial charge on any atom is 0.337 e. The van der Waals surface area contributed by atoms with E-state index in [9.17, 15) is 0 Å². The van der Waals surface area contributed by atoms with Crippen LogP contribution in [0.15, 0.2) is 0 Å². The summed E-state index contributed by atoms with van der Waals surface area (Å²) in [7, 11) is 0.559. The van der Waals surface area contributed by atoms with Crippen LogP contribution in [0.25, 0.3) is 0 Å². The van der Waals surface area contributed by atoms with Crippen molar-refractivity contribution in [1.82, 2.24) is 4.98 Å². The summed E-state index contributed by atoms with van der Waals surface area (Å²) in [6.45, 7) is 1.94. The molecule has 0 unspecified atom stereocenters. The minimum atomic E-state index is 0.559. The lowest BCUT2D eigenvalue weighted by molar-refractivity contribution is 0.385. The van der Waals surface area contributed by atoms with Gasteiger partial charge < -0.3 is 9.41 Å². The predicted octanol–water partition coefficient (Wildman–Crippen LogP) is -0.860. The van der Waals surface area contributed by atoms with Gasteiger partial charge >= 0.3 is 9.92 Å². The summed E-state index contributed by atoms with van der Waals surface area (Å²) in [4.78, 5) is 3.03. The average molecular weight is 87.2 g/mol. The minimum absolute atomic E-state index is 0.559. The molecule has 0 spiro atoms. The molecular formula is C2H5NOSi. The molecule has 1 saturated heterocycles. The Morgan fingerprint density at radius 1 is 1.80 bits per heavy atom. The van der Waals surface area contributed by atoms with Gasteiger partial charge in [-0.3, -0.25) is 0 Å². The third-order valence-corrected chi connectivity index (χ3v) is 1.22. The topological polar surface area (TPSA) is 21.3 Å². The third kappa shape index (κ3) is 0.716. The van der Waals surface area contributed by atoms with Crippen molar-refractivity contribution in [3.8, 4) is 0 Å². The molecule has 1 N–H and O–H groups in total. The van der Waals surface area contributed by atoms with Crippen LogP contribution in [0.2, 0.25) is 0 Å². The molecule has 1 aliphatic rings. The molecule has 3 heteroatoms. The normalized spacial score (nSPS) is 24.0. The first-order valence-electron chi connectivity index (χ1n) is 1.60. The van der Waals surface area contributed by atoms with Gasteiger partial charge in [0.1, 0.15) is 0 Å². The fourth-order valence-electron chi connectivity index (χ4n) is 0.255. The summed E-state index contributed by atoms with van der Waals surface area (Å²) in [5.41, 5.74) is 0. The van der Waals surface area contributed by atoms with Crippen molar-refractivity contribution in [2.75, 3.05) is 13.2 Å². The molecule has 0 aromatic carbocycles. The highest BCUT2D eigenvalue weighted by Crippen LogP contribution is 1.72. The summed E-state index contributed by atoms with van der Waals surface area (Å²) in [5.74, 6) is 0. The van der Waals surface area contributed by atoms with Crippen molar-refractivity contribution in [2.45, 2.75) is 0 Å². The van der Waals surface area contributed by atoms with Gasteiger partial charge in [0.25, 0.3) is 0 Å². The third-order valence-electron chi connectivity index (χ3n) is 0.473. The largest absolute Gasteiger partial charge is 0.401 e. The lowest BCUT2D eigenvalue weighted by Gasteiger charge is -1.72. The Bertz CT molecular complexity index is 21.2. The van der Waals surface area contributed by atoms with Gasteiger partial charge in [0, 0.05) is 13.2 Å². The number of rotatable bonds is 0. The molecule has 2 radical (unpaired) electrons. The summed E-state index contributed by atoms with van der Waals surface area (Å²) in [6.07, 6.45) is 0. The van der Waals surface area contributed by atoms with Crippen LogP contribution in [0.5, 0.6) is 0 Å². The fourth-order valence-corrected chi connectivity index (χ4v) is 0.765. The zero-order chi connectivity index (χ0) is 3.54. The molecule has 2 nitrogen and oxygen atoms in total. The molecular weight excluding hydrogens is 82.1 g/mol. The molecule has 0 amide bonds. The van der Waals surface area contributed by atoms with E-state index in [4.69, 9.17) is 4.43 Å². The van der Waals surface area contributed by atoms with E-state index in [-0.39, 0.29) is 0 Å². The van der Waals surface area contributed by atoms with E-state index in [2.05, 4.69) is 4.98 Å². The van der Waals surface area contributed by atoms with Gasteiger partial charge in [-0.1, -0.05) is 0 Å². The van der Waals surface area contributed by atoms with Gasteiger partial charge in [0.2, 0.25) is 0 Å². The van der Waals surface area contributed by atoms with Crippen molar-refractivity contribution in [3.05, 3.63) is 0 Å². The van der Waals surface area contributed by atoms with E-state index in [0.29, 0.717) is 9.92 Å². The Morgan fingerprint density at radius 3 is 3.00 bits per heavy atom. The summed E-state index contributed by atoms with van der Waals surface area (Å²) in [6, 6.07) is 0. The van der Waals surface area contributed by atoms with Crippen LogP contribution in [0, 0.1) is 0 Å². The minimum Gasteiger partial charge on any atom is -0.401 e. The fraction of sp³-hybridized carbons (Fsp3) is 1.00. The highest BCUT2D eigenvalue weighted by Gasteiger charge is 1.96. The number of hydrogen-bond donors (Lipinski definition) is 1. The van der Waals surface area contributed by atoms with Crippen molar-refractivity contribution < 1.29 is 4.43 Å². The highest BCUT2D eigenvalue weighted by molar-refractivity contribution is 6.24. The van der Waals surface area contributed by atoms with Gasteiger partial charge in [-0.05, 0) is 0 Å². The zero-order valence-corrected chi connectivity index (χ0v) is 3.82. The average Bonchev–Trinajstić information content (AvgIpc) is 1.76. The Hall–Kier alpha value is 0.137. The smallest absolute Gasteiger partial charge is 0.337 e. The lowest BCUT2D eigenvalue weighted by Crippen LogP contribution is -2.09. The standard InChI is InChI=1S/C2H5NOSi/c1-2-4-5-3-1/h3H,1-2H2. The molecule has 28 valence electrons. The van der Waals surface area contributed by atoms with E-state index in [1.807, 2.05) is 0 Å². The second kappa shape index (κ2) is 1.54. The second-order valence-electron chi connectivity index (χ2n) is 0.877. The summed E-state index contributed by atoms with van der Waals surface area (Å²) < 4.78 is 4.86. The van der Waals surface area contributed by atoms with Gasteiger partial charge in [-0.2, -0.15) is 0 Å². The van der Waals surface area contributed by atoms with Gasteiger partial charge in [0.05, 0.1) is 0 Å². The molecule has 1 rings (SSSR count). The van der Waals surface area contributed by atoms with E-state index >= 15 is 0 Å². The lowest BCUT2D eigenvalue weighted by atomic mass is 10.8. The van der Waals surface area contributed by atoms with Crippen LogP contribution in [-0.2, 0) is 4.43 Å². The summed E-state index contributed by atoms with van der Waals surface area (Å²) in [5, 5.41) is 0. The van der Waals surface area contributed by atoms with E-state index in [1.165, 1.54) is 0 Å². The molecule has 0 bridgehead atoms. The van der Waals surface area contributed by atoms with E-state index in [0.717, 1.165) is 13.2 Å². The van der Waals surface area contributed by atoms with Crippen LogP contribution < -0.4 is 4.98 Å². The van der Waals surface area contributed by atoms with Gasteiger partial charge in [-0.25, -0.2) is 0 Å². The highest BCUT2D eigenvalue weighted by atomic mass is 28.2. The van der Waals surface area contributed by atoms with Crippen molar-refractivity contribution in [2.24, 2.45) is 0 Å². The van der Waals surface area contributed by atoms with Gasteiger partial charge in [-0.15, -0.1) is 0 Å². The maximum atomic E-state index is 4.86. The van der Waals surface area contributed by atoms with Crippen LogP contribution in [0.3, 0.4) is 0 Å². The Morgan fingerprint density at radius 2 is 2.80 bits per heavy atom. The maximum absolute atomic E-state index is 4.86. The predicted molar refractivity (Wildman–Crippen MR) is 19.7 cm³/mol. The van der Waals surface area contributed by atoms with Crippen LogP contribution in [0.4, 0.5) is 0 Å². The quantitative estimate of drug-likeness (QED) is 0.388. The first-order valence-corrected chi connectivity index (χ1v) is 2.50. The molecule has 0 aliphatic carbocycles. The SMILES string of the molecule is C1CO[Si]N1. The van der Waals surface area contributed by atoms with E-state index in [1.54, 1.807) is 0 Å². The number of nitrogens with one attached hydrogen (secondary N) is 1. The van der Waals surface area contributed by atoms with Crippen LogP contribution in [-0.4, -0.2) is 23.1 Å². The molecule has 1 aliphatic heterocycles. The molecule has 1 heterocycles. The molecule has 0 aromatic heterocycles. The first kappa shape index (κ1) is 3.33. The van der Waals surface area contributed by atoms with Crippen molar-refractivity contribution in [1.29, 1.82) is 0 Å². The zero-order valence-electron chi connectivity index (χ0n) is 2.82. The second-order valence-corrected chi connectivity index (χ2v) is 1.72. The Labute approximate surface area is 33.5 Å². The van der Waals surface area contributed by atoms with Gasteiger partial charge in [0.15, 0.2) is 0 Å². The Kier molecular flexibility index (Phi) is 1.03. The van der Waals surface area contributed by atoms with Crippen LogP contribution in [0.1, 0.15) is 0 Å². The molecule has 1 fully saturated rings. The summed E-state index contributed by atoms with van der Waals surface area (Å²) >= 11 is 0. The number of hydrogen-bond acceptors (Lipinski definition) is 2. The molecule has 0 atom stereocenters. The Balaban J connectivity index is 2.08. The van der Waals surface area contributed by atoms with Crippen molar-refractivity contribution in [3.63, 3.8) is 0 Å². The first-order chi connectivity index (χ1) is 2.50. The van der Waals surface area contributed by atoms with Crippen LogP contribution >= 0.6 is 0 Å². The molecule has 0 aromatic rings. The monoisotopic (exact) mass is 87.0 g/mol.